The Hall–Kier alpha value is -2.39. The molecule has 26 heavy (non-hydrogen) atoms. The van der Waals surface area contributed by atoms with Crippen LogP contribution < -0.4 is 0 Å². The molecule has 1 aliphatic rings. The van der Waals surface area contributed by atoms with E-state index in [0.717, 1.165) is 18.5 Å². The van der Waals surface area contributed by atoms with Gasteiger partial charge in [0.2, 0.25) is 10.0 Å². The van der Waals surface area contributed by atoms with Gasteiger partial charge in [0.15, 0.2) is 0 Å². The van der Waals surface area contributed by atoms with Crippen LogP contribution in [0.1, 0.15) is 28.9 Å². The lowest BCUT2D eigenvalue weighted by atomic mass is 9.94. The minimum Gasteiger partial charge on any atom is -0.478 e. The molecule has 0 unspecified atom stereocenters. The molecular weight excluding hydrogens is 356 g/mol. The Morgan fingerprint density at radius 3 is 2.85 bits per heavy atom. The average Bonchev–Trinajstić information content (AvgIpc) is 2.61. The van der Waals surface area contributed by atoms with E-state index >= 15 is 0 Å². The van der Waals surface area contributed by atoms with Gasteiger partial charge in [0.1, 0.15) is 6.33 Å². The molecule has 0 aliphatic carbocycles. The van der Waals surface area contributed by atoms with Crippen molar-refractivity contribution in [3.8, 4) is 11.3 Å². The first kappa shape index (κ1) is 18.4. The Morgan fingerprint density at radius 1 is 1.31 bits per heavy atom. The van der Waals surface area contributed by atoms with E-state index in [1.165, 1.54) is 29.2 Å². The fourth-order valence-electron chi connectivity index (χ4n) is 3.15. The van der Waals surface area contributed by atoms with Gasteiger partial charge in [-0.15, -0.1) is 0 Å². The molecule has 1 N–H and O–H groups in total. The number of carbonyl (C=O) groups is 1. The summed E-state index contributed by atoms with van der Waals surface area (Å²) in [6.45, 7) is 1.06. The molecule has 0 aromatic carbocycles. The molecule has 0 spiro atoms. The summed E-state index contributed by atoms with van der Waals surface area (Å²) in [5.74, 6) is -0.846. The zero-order valence-electron chi connectivity index (χ0n) is 14.4. The summed E-state index contributed by atoms with van der Waals surface area (Å²) < 4.78 is 25.0. The summed E-state index contributed by atoms with van der Waals surface area (Å²) in [6.07, 6.45) is 7.95. The highest BCUT2D eigenvalue weighted by Gasteiger charge is 2.26. The van der Waals surface area contributed by atoms with Crippen molar-refractivity contribution < 1.29 is 18.3 Å². The van der Waals surface area contributed by atoms with E-state index < -0.39 is 16.0 Å². The molecule has 0 radical (unpaired) electrons. The zero-order valence-corrected chi connectivity index (χ0v) is 15.2. The molecule has 138 valence electrons. The van der Waals surface area contributed by atoms with Crippen molar-refractivity contribution in [2.75, 3.05) is 19.3 Å². The van der Waals surface area contributed by atoms with Gasteiger partial charge < -0.3 is 5.11 Å². The van der Waals surface area contributed by atoms with E-state index in [0.29, 0.717) is 30.8 Å². The third-order valence-electron chi connectivity index (χ3n) is 4.45. The predicted octanol–water partition coefficient (Wildman–Crippen LogP) is 1.45. The number of aromatic nitrogens is 3. The summed E-state index contributed by atoms with van der Waals surface area (Å²) >= 11 is 0. The predicted molar refractivity (Wildman–Crippen MR) is 95.1 cm³/mol. The second-order valence-corrected chi connectivity index (χ2v) is 8.48. The van der Waals surface area contributed by atoms with Crippen molar-refractivity contribution in [3.63, 3.8) is 0 Å². The van der Waals surface area contributed by atoms with E-state index in [1.807, 2.05) is 6.07 Å². The molecule has 1 fully saturated rings. The maximum atomic E-state index is 11.8. The summed E-state index contributed by atoms with van der Waals surface area (Å²) in [5.41, 5.74) is 2.10. The lowest BCUT2D eigenvalue weighted by Crippen LogP contribution is -2.39. The molecule has 3 rings (SSSR count). The van der Waals surface area contributed by atoms with Gasteiger partial charge in [0.05, 0.1) is 17.5 Å². The van der Waals surface area contributed by atoms with Gasteiger partial charge in [0.25, 0.3) is 0 Å². The molecule has 0 bridgehead atoms. The van der Waals surface area contributed by atoms with E-state index in [1.54, 1.807) is 6.20 Å². The number of carboxylic acid groups (broad SMARTS) is 1. The number of hydrogen-bond acceptors (Lipinski definition) is 6. The minimum atomic E-state index is -3.18. The Morgan fingerprint density at radius 2 is 2.12 bits per heavy atom. The van der Waals surface area contributed by atoms with Crippen molar-refractivity contribution in [2.24, 2.45) is 5.92 Å². The van der Waals surface area contributed by atoms with Gasteiger partial charge in [0, 0.05) is 36.7 Å². The smallest absolute Gasteiger partial charge is 0.337 e. The summed E-state index contributed by atoms with van der Waals surface area (Å²) in [6, 6.07) is 3.33. The topological polar surface area (TPSA) is 113 Å². The van der Waals surface area contributed by atoms with Crippen LogP contribution in [0.15, 0.2) is 30.9 Å². The Bertz CT molecular complexity index is 916. The van der Waals surface area contributed by atoms with Gasteiger partial charge >= 0.3 is 5.97 Å². The van der Waals surface area contributed by atoms with E-state index in [2.05, 4.69) is 15.0 Å². The number of piperidine rings is 1. The van der Waals surface area contributed by atoms with Gasteiger partial charge in [-0.2, -0.15) is 0 Å². The molecular formula is C17H20N4O4S. The van der Waals surface area contributed by atoms with Crippen molar-refractivity contribution in [3.05, 3.63) is 42.1 Å². The number of hydrogen-bond donors (Lipinski definition) is 1. The van der Waals surface area contributed by atoms with Crippen molar-refractivity contribution >= 4 is 16.0 Å². The normalized spacial score (nSPS) is 18.6. The van der Waals surface area contributed by atoms with Gasteiger partial charge in [-0.3, -0.25) is 4.98 Å². The van der Waals surface area contributed by atoms with E-state index in [9.17, 15) is 13.2 Å². The molecule has 1 atom stereocenters. The van der Waals surface area contributed by atoms with Gasteiger partial charge in [-0.05, 0) is 37.3 Å². The van der Waals surface area contributed by atoms with Crippen LogP contribution in [0.4, 0.5) is 0 Å². The van der Waals surface area contributed by atoms with Crippen LogP contribution in [-0.4, -0.2) is 58.1 Å². The van der Waals surface area contributed by atoms with E-state index in [4.69, 9.17) is 5.11 Å². The highest BCUT2D eigenvalue weighted by Crippen LogP contribution is 2.23. The number of pyridine rings is 1. The molecule has 0 amide bonds. The monoisotopic (exact) mass is 376 g/mol. The van der Waals surface area contributed by atoms with Crippen LogP contribution in [-0.2, 0) is 16.4 Å². The highest BCUT2D eigenvalue weighted by molar-refractivity contribution is 7.88. The number of nitrogens with zero attached hydrogens (tertiary/aromatic N) is 4. The molecule has 0 saturated carbocycles. The maximum Gasteiger partial charge on any atom is 0.337 e. The molecule has 2 aromatic rings. The second kappa shape index (κ2) is 7.46. The standard InChI is InChI=1S/C17H20N4O4S/c1-26(24,25)21-4-2-3-12(10-21)5-15-7-16(20-11-19-15)13-6-14(17(22)23)9-18-8-13/h6-9,11-12H,2-5,10H2,1H3,(H,22,23)/t12-/m1/s1. The number of aromatic carboxylic acids is 1. The Labute approximate surface area is 152 Å². The summed E-state index contributed by atoms with van der Waals surface area (Å²) in [5, 5.41) is 9.09. The molecule has 3 heterocycles. The van der Waals surface area contributed by atoms with E-state index in [-0.39, 0.29) is 11.5 Å². The van der Waals surface area contributed by atoms with Gasteiger partial charge in [-0.1, -0.05) is 0 Å². The highest BCUT2D eigenvalue weighted by atomic mass is 32.2. The molecule has 2 aromatic heterocycles. The van der Waals surface area contributed by atoms with Crippen molar-refractivity contribution in [1.29, 1.82) is 0 Å². The second-order valence-electron chi connectivity index (χ2n) is 6.50. The van der Waals surface area contributed by atoms with Crippen LogP contribution >= 0.6 is 0 Å². The fraction of sp³-hybridized carbons (Fsp3) is 0.412. The molecule has 1 aliphatic heterocycles. The van der Waals surface area contributed by atoms with Crippen LogP contribution in [0.5, 0.6) is 0 Å². The van der Waals surface area contributed by atoms with Crippen LogP contribution in [0.3, 0.4) is 0 Å². The minimum absolute atomic E-state index is 0.0961. The first-order chi connectivity index (χ1) is 12.3. The average molecular weight is 376 g/mol. The van der Waals surface area contributed by atoms with Gasteiger partial charge in [-0.25, -0.2) is 27.5 Å². The van der Waals surface area contributed by atoms with Crippen LogP contribution in [0, 0.1) is 5.92 Å². The molecule has 1 saturated heterocycles. The van der Waals surface area contributed by atoms with Crippen molar-refractivity contribution in [2.45, 2.75) is 19.3 Å². The quantitative estimate of drug-likeness (QED) is 0.840. The SMILES string of the molecule is CS(=O)(=O)N1CCC[C@H](Cc2cc(-c3cncc(C(=O)O)c3)ncn2)C1. The number of rotatable bonds is 5. The Kier molecular flexibility index (Phi) is 5.28. The third kappa shape index (κ3) is 4.41. The first-order valence-corrected chi connectivity index (χ1v) is 10.1. The maximum absolute atomic E-state index is 11.8. The van der Waals surface area contributed by atoms with Crippen LogP contribution in [0.25, 0.3) is 11.3 Å². The van der Waals surface area contributed by atoms with Crippen molar-refractivity contribution in [1.82, 2.24) is 19.3 Å². The number of carboxylic acids is 1. The lowest BCUT2D eigenvalue weighted by molar-refractivity contribution is 0.0696. The molecule has 8 nitrogen and oxygen atoms in total. The Balaban J connectivity index is 1.77. The number of sulfonamides is 1. The zero-order chi connectivity index (χ0) is 18.7. The third-order valence-corrected chi connectivity index (χ3v) is 5.72. The first-order valence-electron chi connectivity index (χ1n) is 8.27. The summed E-state index contributed by atoms with van der Waals surface area (Å²) in [7, 11) is -3.18. The fourth-order valence-corrected chi connectivity index (χ4v) is 4.10. The lowest BCUT2D eigenvalue weighted by Gasteiger charge is -2.30. The largest absolute Gasteiger partial charge is 0.478 e. The molecule has 9 heteroatoms. The summed E-state index contributed by atoms with van der Waals surface area (Å²) in [4.78, 5) is 23.5. The van der Waals surface area contributed by atoms with Crippen LogP contribution in [0.2, 0.25) is 0 Å².